The van der Waals surface area contributed by atoms with Gasteiger partial charge < -0.3 is 15.0 Å². The fraction of sp³-hybridized carbons (Fsp3) is 0.429. The number of hydrogen-bond donors (Lipinski definition) is 1. The van der Waals surface area contributed by atoms with E-state index in [0.717, 1.165) is 12.2 Å². The maximum atomic E-state index is 5.70. The zero-order chi connectivity index (χ0) is 11.8. The number of nitrogens with two attached hydrogens (primary N) is 1. The van der Waals surface area contributed by atoms with Gasteiger partial charge in [-0.2, -0.15) is 0 Å². The summed E-state index contributed by atoms with van der Waals surface area (Å²) in [5, 5.41) is 1.21. The van der Waals surface area contributed by atoms with Crippen molar-refractivity contribution in [2.24, 2.45) is 5.73 Å². The van der Waals surface area contributed by atoms with Gasteiger partial charge in [-0.3, -0.25) is 0 Å². The first kappa shape index (κ1) is 10.7. The van der Waals surface area contributed by atoms with Gasteiger partial charge in [-0.25, -0.2) is 0 Å². The third kappa shape index (κ3) is 1.71. The van der Waals surface area contributed by atoms with Crippen LogP contribution < -0.4 is 10.5 Å². The lowest BCUT2D eigenvalue weighted by molar-refractivity contribution is 0.420. The summed E-state index contributed by atoms with van der Waals surface area (Å²) < 4.78 is 7.88. The highest BCUT2D eigenvalue weighted by atomic mass is 16.5. The zero-order valence-corrected chi connectivity index (χ0v) is 10.1. The average Bonchev–Trinajstić information content (AvgIpc) is 3.11. The van der Waals surface area contributed by atoms with Crippen LogP contribution in [-0.4, -0.2) is 18.2 Å². The predicted octanol–water partition coefficient (Wildman–Crippen LogP) is 2.49. The Balaban J connectivity index is 2.22. The number of hydrogen-bond acceptors (Lipinski definition) is 2. The van der Waals surface area contributed by atoms with E-state index in [4.69, 9.17) is 10.5 Å². The molecule has 1 aliphatic carbocycles. The number of ether oxygens (including phenoxy) is 1. The van der Waals surface area contributed by atoms with Gasteiger partial charge in [0.25, 0.3) is 0 Å². The molecule has 1 aliphatic rings. The first-order chi connectivity index (χ1) is 8.35. The van der Waals surface area contributed by atoms with Crippen molar-refractivity contribution in [3.05, 3.63) is 30.0 Å². The van der Waals surface area contributed by atoms with Crippen molar-refractivity contribution in [1.29, 1.82) is 0 Å². The van der Waals surface area contributed by atoms with Crippen LogP contribution in [-0.2, 0) is 6.42 Å². The molecule has 0 atom stereocenters. The molecule has 0 amide bonds. The average molecular weight is 230 g/mol. The van der Waals surface area contributed by atoms with E-state index in [-0.39, 0.29) is 0 Å². The summed E-state index contributed by atoms with van der Waals surface area (Å²) in [4.78, 5) is 0. The second-order valence-electron chi connectivity index (χ2n) is 4.67. The maximum Gasteiger partial charge on any atom is 0.128 e. The molecule has 2 N–H and O–H groups in total. The molecule has 0 unspecified atom stereocenters. The van der Waals surface area contributed by atoms with Gasteiger partial charge in [0.15, 0.2) is 0 Å². The molecule has 0 saturated heterocycles. The highest BCUT2D eigenvalue weighted by Crippen LogP contribution is 2.41. The minimum absolute atomic E-state index is 0.682. The quantitative estimate of drug-likeness (QED) is 0.876. The Bertz CT molecular complexity index is 540. The summed E-state index contributed by atoms with van der Waals surface area (Å²) in [6.07, 6.45) is 3.52. The Morgan fingerprint density at radius 3 is 2.88 bits per heavy atom. The molecule has 0 spiro atoms. The van der Waals surface area contributed by atoms with Gasteiger partial charge in [-0.15, -0.1) is 0 Å². The van der Waals surface area contributed by atoms with Gasteiger partial charge in [-0.05, 0) is 44.0 Å². The van der Waals surface area contributed by atoms with E-state index in [1.54, 1.807) is 7.11 Å². The minimum Gasteiger partial charge on any atom is -0.496 e. The van der Waals surface area contributed by atoms with Crippen molar-refractivity contribution < 1.29 is 4.74 Å². The predicted molar refractivity (Wildman–Crippen MR) is 69.5 cm³/mol. The Labute approximate surface area is 101 Å². The van der Waals surface area contributed by atoms with Crippen molar-refractivity contribution in [3.63, 3.8) is 0 Å². The number of aromatic nitrogens is 1. The highest BCUT2D eigenvalue weighted by Gasteiger charge is 2.27. The van der Waals surface area contributed by atoms with Crippen LogP contribution in [0.15, 0.2) is 24.3 Å². The van der Waals surface area contributed by atoms with E-state index in [0.29, 0.717) is 12.6 Å². The molecule has 0 aliphatic heterocycles. The van der Waals surface area contributed by atoms with Crippen LogP contribution in [0.2, 0.25) is 0 Å². The van der Waals surface area contributed by atoms with Crippen molar-refractivity contribution in [1.82, 2.24) is 4.57 Å². The summed E-state index contributed by atoms with van der Waals surface area (Å²) in [5.74, 6) is 0.958. The summed E-state index contributed by atoms with van der Waals surface area (Å²) in [7, 11) is 1.73. The van der Waals surface area contributed by atoms with Crippen LogP contribution in [0.4, 0.5) is 0 Å². The molecule has 3 rings (SSSR count). The largest absolute Gasteiger partial charge is 0.496 e. The van der Waals surface area contributed by atoms with Gasteiger partial charge in [0.2, 0.25) is 0 Å². The zero-order valence-electron chi connectivity index (χ0n) is 10.1. The fourth-order valence-electron chi connectivity index (χ4n) is 2.56. The van der Waals surface area contributed by atoms with E-state index >= 15 is 0 Å². The van der Waals surface area contributed by atoms with Crippen LogP contribution in [0.1, 0.15) is 24.6 Å². The monoisotopic (exact) mass is 230 g/mol. The summed E-state index contributed by atoms with van der Waals surface area (Å²) in [6, 6.07) is 9.18. The molecule has 2 aromatic rings. The Morgan fingerprint density at radius 1 is 1.41 bits per heavy atom. The molecule has 1 heterocycles. The van der Waals surface area contributed by atoms with Gasteiger partial charge in [-0.1, -0.05) is 6.07 Å². The SMILES string of the molecule is COc1cccc2c1cc(CCN)n2C1CC1. The third-order valence-electron chi connectivity index (χ3n) is 3.46. The lowest BCUT2D eigenvalue weighted by atomic mass is 10.2. The van der Waals surface area contributed by atoms with E-state index in [2.05, 4.69) is 22.8 Å². The molecule has 1 aromatic carbocycles. The highest BCUT2D eigenvalue weighted by molar-refractivity contribution is 5.87. The van der Waals surface area contributed by atoms with Gasteiger partial charge in [0.05, 0.1) is 12.6 Å². The second-order valence-corrected chi connectivity index (χ2v) is 4.67. The molecular formula is C14H18N2O. The van der Waals surface area contributed by atoms with Crippen molar-refractivity contribution in [3.8, 4) is 5.75 Å². The van der Waals surface area contributed by atoms with E-state index in [1.807, 2.05) is 6.07 Å². The molecule has 17 heavy (non-hydrogen) atoms. The summed E-state index contributed by atoms with van der Waals surface area (Å²) in [6.45, 7) is 0.700. The molecule has 1 fully saturated rings. The number of rotatable bonds is 4. The topological polar surface area (TPSA) is 40.2 Å². The molecule has 0 bridgehead atoms. The summed E-state index contributed by atoms with van der Waals surface area (Å²) >= 11 is 0. The molecule has 3 heteroatoms. The normalized spacial score (nSPS) is 15.4. The Hall–Kier alpha value is -1.48. The summed E-state index contributed by atoms with van der Waals surface area (Å²) in [5.41, 5.74) is 8.33. The fourth-order valence-corrected chi connectivity index (χ4v) is 2.56. The minimum atomic E-state index is 0.682. The van der Waals surface area contributed by atoms with Crippen LogP contribution in [0.25, 0.3) is 10.9 Å². The number of nitrogens with zero attached hydrogens (tertiary/aromatic N) is 1. The molecule has 90 valence electrons. The van der Waals surface area contributed by atoms with Crippen molar-refractivity contribution in [2.45, 2.75) is 25.3 Å². The molecular weight excluding hydrogens is 212 g/mol. The molecule has 1 saturated carbocycles. The Morgan fingerprint density at radius 2 is 2.24 bits per heavy atom. The van der Waals surface area contributed by atoms with Gasteiger partial charge in [0, 0.05) is 17.1 Å². The lowest BCUT2D eigenvalue weighted by Crippen LogP contribution is -2.07. The van der Waals surface area contributed by atoms with Crippen LogP contribution >= 0.6 is 0 Å². The smallest absolute Gasteiger partial charge is 0.128 e. The van der Waals surface area contributed by atoms with Crippen molar-refractivity contribution in [2.75, 3.05) is 13.7 Å². The van der Waals surface area contributed by atoms with E-state index in [1.165, 1.54) is 29.4 Å². The van der Waals surface area contributed by atoms with Crippen molar-refractivity contribution >= 4 is 10.9 Å². The number of benzene rings is 1. The molecule has 0 radical (unpaired) electrons. The number of fused-ring (bicyclic) bond motifs is 1. The van der Waals surface area contributed by atoms with Crippen LogP contribution in [0.3, 0.4) is 0 Å². The maximum absolute atomic E-state index is 5.70. The van der Waals surface area contributed by atoms with Gasteiger partial charge in [0.1, 0.15) is 5.75 Å². The lowest BCUT2D eigenvalue weighted by Gasteiger charge is -2.08. The van der Waals surface area contributed by atoms with Gasteiger partial charge >= 0.3 is 0 Å². The van der Waals surface area contributed by atoms with Crippen LogP contribution in [0.5, 0.6) is 5.75 Å². The first-order valence-electron chi connectivity index (χ1n) is 6.22. The Kier molecular flexibility index (Phi) is 2.56. The third-order valence-corrected chi connectivity index (χ3v) is 3.46. The standard InChI is InChI=1S/C14H18N2O/c1-17-14-4-2-3-13-12(14)9-11(7-8-15)16(13)10-5-6-10/h2-4,9-10H,5-8,15H2,1H3. The molecule has 3 nitrogen and oxygen atoms in total. The van der Waals surface area contributed by atoms with E-state index in [9.17, 15) is 0 Å². The second kappa shape index (κ2) is 4.08. The first-order valence-corrected chi connectivity index (χ1v) is 6.22. The molecule has 1 aromatic heterocycles. The van der Waals surface area contributed by atoms with Crippen LogP contribution in [0, 0.1) is 0 Å². The van der Waals surface area contributed by atoms with E-state index < -0.39 is 0 Å². The number of methoxy groups -OCH3 is 1.